The molecule has 127 heavy (non-hydrogen) atoms. The number of benzene rings is 2. The lowest BCUT2D eigenvalue weighted by molar-refractivity contribution is -0.153. The van der Waals surface area contributed by atoms with Gasteiger partial charge in [0, 0.05) is 153 Å². The molecule has 17 rings (SSSR count). The summed E-state index contributed by atoms with van der Waals surface area (Å²) < 4.78 is 36.9. The lowest BCUT2D eigenvalue weighted by Crippen LogP contribution is -2.47. The maximum absolute atomic E-state index is 14.0. The average Bonchev–Trinajstić information content (AvgIpc) is 1.60. The van der Waals surface area contributed by atoms with E-state index >= 15 is 0 Å². The van der Waals surface area contributed by atoms with Crippen LogP contribution in [-0.4, -0.2) is 252 Å². The molecule has 10 heterocycles. The Labute approximate surface area is 757 Å². The minimum Gasteiger partial charge on any atom is -0.493 e. The van der Waals surface area contributed by atoms with Crippen LogP contribution >= 0.6 is 22.7 Å². The Morgan fingerprint density at radius 2 is 0.748 bits per heavy atom. The molecular weight excluding hydrogens is 1660 g/mol. The minimum absolute atomic E-state index is 0.000000000000000444. The van der Waals surface area contributed by atoms with E-state index in [1.54, 1.807) is 73.9 Å². The summed E-state index contributed by atoms with van der Waals surface area (Å²) in [6, 6.07) is 20.0. The van der Waals surface area contributed by atoms with Crippen LogP contribution in [0.15, 0.2) is 71.4 Å². The molecule has 4 saturated heterocycles. The van der Waals surface area contributed by atoms with Crippen LogP contribution in [0.4, 0.5) is 9.59 Å². The number of ether oxygens (including phenoxy) is 6. The van der Waals surface area contributed by atoms with Gasteiger partial charge in [-0.05, 0) is 235 Å². The van der Waals surface area contributed by atoms with Crippen LogP contribution in [-0.2, 0) is 59.4 Å². The molecule has 6 aromatic rings. The fourth-order valence-electron chi connectivity index (χ4n) is 17.9. The molecule has 2 aromatic carbocycles. The van der Waals surface area contributed by atoms with E-state index in [1.807, 2.05) is 103 Å². The first-order chi connectivity index (χ1) is 60.4. The van der Waals surface area contributed by atoms with E-state index in [1.165, 1.54) is 12.0 Å². The number of aryl methyl sites for hydroxylation is 2. The summed E-state index contributed by atoms with van der Waals surface area (Å²) >= 11 is 3.28. The SMILES string of the molecule is CC(C)(C)OC(=O)N1CCCN(C(=O)C2(C)CCC2)CC1.CC(C)(C)OC(=O)N1CCCNCC1.CC1(C(=O)N2CCCNCC2)CCC1.CC1(C(=O)O)CCC1.COc1cc2c(cc1OC)-c1c(-c3cccs3)cc(C(=O)N3CCCN(C(=O)C4(C)CCC4)CC3)n1CC2.COc1cc2c(cc1OC)-c1c(-c3cccs3)cc(C(=O)O)n1CC2.O=C(O)C1CCC1. The maximum Gasteiger partial charge on any atom is 0.410 e. The number of carbonyl (C=O) groups excluding carboxylic acids is 6. The summed E-state index contributed by atoms with van der Waals surface area (Å²) in [6.45, 7) is 33.1. The van der Waals surface area contributed by atoms with E-state index < -0.39 is 29.1 Å². The van der Waals surface area contributed by atoms with E-state index in [-0.39, 0.29) is 57.5 Å². The van der Waals surface area contributed by atoms with Gasteiger partial charge in [0.2, 0.25) is 17.7 Å². The van der Waals surface area contributed by atoms with Gasteiger partial charge < -0.3 is 92.9 Å². The number of amides is 6. The van der Waals surface area contributed by atoms with Crippen LogP contribution in [0.25, 0.3) is 43.4 Å². The van der Waals surface area contributed by atoms with Crippen LogP contribution in [0, 0.1) is 27.6 Å². The van der Waals surface area contributed by atoms with Crippen molar-refractivity contribution in [2.24, 2.45) is 27.6 Å². The van der Waals surface area contributed by atoms with Crippen molar-refractivity contribution in [1.82, 2.24) is 49.2 Å². The number of aliphatic carboxylic acids is 2. The van der Waals surface area contributed by atoms with Crippen LogP contribution in [0.3, 0.4) is 0 Å². The quantitative estimate of drug-likeness (QED) is 0.0717. The largest absolute Gasteiger partial charge is 0.493 e. The van der Waals surface area contributed by atoms with Gasteiger partial charge in [-0.1, -0.05) is 65.0 Å². The fraction of sp³-hybridized carbons (Fsp3) is 0.619. The molecule has 6 amide bonds. The van der Waals surface area contributed by atoms with Crippen LogP contribution in [0.1, 0.15) is 223 Å². The fourth-order valence-corrected chi connectivity index (χ4v) is 19.4. The van der Waals surface area contributed by atoms with E-state index in [0.29, 0.717) is 74.7 Å². The number of carboxylic acids is 3. The Morgan fingerprint density at radius 1 is 0.394 bits per heavy atom. The summed E-state index contributed by atoms with van der Waals surface area (Å²) in [6.07, 6.45) is 20.2. The second-order valence-corrected chi connectivity index (χ2v) is 40.2. The van der Waals surface area contributed by atoms with Crippen molar-refractivity contribution < 1.29 is 86.9 Å². The molecule has 0 atom stereocenters. The Morgan fingerprint density at radius 3 is 1.09 bits per heavy atom. The number of carbonyl (C=O) groups is 9. The van der Waals surface area contributed by atoms with E-state index in [9.17, 15) is 48.3 Å². The van der Waals surface area contributed by atoms with Gasteiger partial charge in [0.25, 0.3) is 5.91 Å². The van der Waals surface area contributed by atoms with Crippen molar-refractivity contribution in [2.75, 3.05) is 133 Å². The molecule has 5 saturated carbocycles. The van der Waals surface area contributed by atoms with Crippen molar-refractivity contribution >= 4 is 76.4 Å². The molecule has 4 aromatic heterocycles. The standard InChI is InChI=1S/C30H35N3O4S.C19H17NO4S.C16H28N2O3.C11H20N2O.C10H20N2O2.C6H10O2.C5H8O2/c1-30(9-5-10-30)29(35)32-12-6-11-31(14-15-32)28(34)23-18-22(26-7-4-16-38-26)27-21-19-25(37-3)24(36-2)17-20(21)8-13-33(23)27;1-23-15-8-11-5-6-20-14(19(21)22)9-13(17-4-3-7-25-17)18(20)12(11)10-16(15)24-2;1-15(2,3)21-14(20)18-10-6-9-17(11-12-18)13(19)16(4)7-5-8-16;1-11(4-2-5-11)10(14)13-8-3-6-12-7-9-13;1-10(2,3)14-9(13)12-7-4-5-11-6-8-12;1-6(5(7)8)3-2-4-6;6-5(7)4-2-1-3-4/h4,7,16-19H,5-6,8-15H2,1-3H3;3-4,7-10H,5-6H2,1-2H3,(H,21,22);5-12H2,1-4H3;12H,2-9H2,1H3;11H,4-8H2,1-3H3;2-4H2,1H3,(H,7,8);4H,1-3H2,(H,6,7). The van der Waals surface area contributed by atoms with Gasteiger partial charge in [0.1, 0.15) is 22.6 Å². The summed E-state index contributed by atoms with van der Waals surface area (Å²) in [5.41, 5.74) is 7.86. The predicted molar refractivity (Wildman–Crippen MR) is 493 cm³/mol. The highest BCUT2D eigenvalue weighted by atomic mass is 32.1. The number of hydrogen-bond acceptors (Lipinski definition) is 19. The molecule has 0 unspecified atom stereocenters. The Bertz CT molecular complexity index is 4770. The number of hydrogen-bond donors (Lipinski definition) is 5. The zero-order chi connectivity index (χ0) is 91.8. The topological polar surface area (TPSA) is 323 Å². The van der Waals surface area contributed by atoms with Crippen molar-refractivity contribution in [1.29, 1.82) is 0 Å². The average molecular weight is 1800 g/mol. The minimum atomic E-state index is -0.909. The number of methoxy groups -OCH3 is 4. The molecule has 11 aliphatic rings. The maximum atomic E-state index is 14.0. The zero-order valence-corrected chi connectivity index (χ0v) is 79.1. The first-order valence-corrected chi connectivity index (χ1v) is 47.5. The van der Waals surface area contributed by atoms with E-state index in [4.69, 9.17) is 38.6 Å². The Balaban J connectivity index is 0.000000154. The van der Waals surface area contributed by atoms with Crippen LogP contribution in [0.5, 0.6) is 23.0 Å². The third-order valence-electron chi connectivity index (χ3n) is 26.6. The number of aromatic nitrogens is 2. The third-order valence-corrected chi connectivity index (χ3v) is 28.4. The highest BCUT2D eigenvalue weighted by Gasteiger charge is 2.46. The molecule has 5 N–H and O–H groups in total. The predicted octanol–water partition coefficient (Wildman–Crippen LogP) is 16.5. The Kier molecular flexibility index (Phi) is 33.3. The second kappa shape index (κ2) is 43.2. The van der Waals surface area contributed by atoms with E-state index in [2.05, 4.69) is 64.5 Å². The molecule has 0 radical (unpaired) electrons. The number of thiophene rings is 2. The van der Waals surface area contributed by atoms with Crippen molar-refractivity contribution in [3.05, 3.63) is 93.9 Å². The van der Waals surface area contributed by atoms with Gasteiger partial charge in [0.05, 0.1) is 51.2 Å². The van der Waals surface area contributed by atoms with Gasteiger partial charge >= 0.3 is 30.1 Å². The summed E-state index contributed by atoms with van der Waals surface area (Å²) in [4.78, 5) is 121. The number of fused-ring (bicyclic) bond motifs is 6. The number of nitrogens with zero attached hydrogens (tertiary/aromatic N) is 8. The summed E-state index contributed by atoms with van der Waals surface area (Å²) in [5.74, 6) is 1.54. The zero-order valence-electron chi connectivity index (χ0n) is 77.4. The number of carboxylic acid groups (broad SMARTS) is 3. The lowest BCUT2D eigenvalue weighted by atomic mass is 9.69. The molecule has 0 bridgehead atoms. The van der Waals surface area contributed by atoms with Crippen LogP contribution < -0.4 is 29.6 Å². The Hall–Kier alpha value is -9.65. The van der Waals surface area contributed by atoms with E-state index in [0.717, 1.165) is 261 Å². The second-order valence-electron chi connectivity index (χ2n) is 38.3. The summed E-state index contributed by atoms with van der Waals surface area (Å²) in [7, 11) is 6.54. The molecule has 28 nitrogen and oxygen atoms in total. The third kappa shape index (κ3) is 24.3. The molecule has 9 fully saturated rings. The normalized spacial score (nSPS) is 19.3. The summed E-state index contributed by atoms with van der Waals surface area (Å²) in [5, 5.41) is 37.0. The van der Waals surface area contributed by atoms with Gasteiger partial charge in [-0.15, -0.1) is 22.7 Å². The lowest BCUT2D eigenvalue weighted by Gasteiger charge is -2.40. The number of rotatable bonds is 13. The smallest absolute Gasteiger partial charge is 0.410 e. The highest BCUT2D eigenvalue weighted by molar-refractivity contribution is 7.14. The highest BCUT2D eigenvalue weighted by Crippen LogP contribution is 2.50. The molecule has 0 spiro atoms. The number of nitrogens with one attached hydrogen (secondary N) is 2. The first-order valence-electron chi connectivity index (χ1n) is 45.7. The molecule has 6 aliphatic heterocycles. The van der Waals surface area contributed by atoms with Gasteiger partial charge in [0.15, 0.2) is 23.0 Å². The molecule has 696 valence electrons. The first kappa shape index (κ1) is 98.0. The number of aromatic carboxylic acids is 1. The van der Waals surface area contributed by atoms with Crippen molar-refractivity contribution in [2.45, 2.75) is 228 Å². The molecule has 30 heteroatoms. The monoisotopic (exact) mass is 1790 g/mol. The van der Waals surface area contributed by atoms with Gasteiger partial charge in [-0.25, -0.2) is 14.4 Å². The van der Waals surface area contributed by atoms with Crippen LogP contribution in [0.2, 0.25) is 0 Å². The van der Waals surface area contributed by atoms with Gasteiger partial charge in [-0.3, -0.25) is 28.8 Å². The van der Waals surface area contributed by atoms with Crippen molar-refractivity contribution in [3.8, 4) is 66.4 Å². The van der Waals surface area contributed by atoms with Gasteiger partial charge in [-0.2, -0.15) is 0 Å². The molecule has 5 aliphatic carbocycles. The molecular formula is C97H138N10O18S2. The van der Waals surface area contributed by atoms with Crippen molar-refractivity contribution in [3.63, 3.8) is 0 Å².